The van der Waals surface area contributed by atoms with Crippen LogP contribution in [0.3, 0.4) is 0 Å². The Balaban J connectivity index is 2.38. The van der Waals surface area contributed by atoms with Gasteiger partial charge in [-0.05, 0) is 13.8 Å². The first-order valence-corrected chi connectivity index (χ1v) is 4.15. The van der Waals surface area contributed by atoms with Crippen LogP contribution in [0, 0.1) is 0 Å². The molecule has 74 valence electrons. The maximum absolute atomic E-state index is 10.1. The lowest BCUT2D eigenvalue weighted by atomic mass is 10.2. The fourth-order valence-corrected chi connectivity index (χ4v) is 1.22. The van der Waals surface area contributed by atoms with E-state index in [2.05, 4.69) is 9.99 Å². The number of hydrogen-bond acceptors (Lipinski definition) is 4. The lowest BCUT2D eigenvalue weighted by Gasteiger charge is -2.02. The Morgan fingerprint density at radius 1 is 1.77 bits per heavy atom. The van der Waals surface area contributed by atoms with Crippen molar-refractivity contribution in [3.63, 3.8) is 0 Å². The van der Waals surface area contributed by atoms with Crippen LogP contribution in [0.15, 0.2) is 5.16 Å². The Morgan fingerprint density at radius 3 is 2.92 bits per heavy atom. The molecule has 0 radical (unpaired) electrons. The summed E-state index contributed by atoms with van der Waals surface area (Å²) in [5, 5.41) is 12.0. The van der Waals surface area contributed by atoms with Crippen LogP contribution in [0.2, 0.25) is 0 Å². The van der Waals surface area contributed by atoms with Crippen LogP contribution >= 0.6 is 0 Å². The Hall–Kier alpha value is -1.10. The van der Waals surface area contributed by atoms with Gasteiger partial charge in [0.25, 0.3) is 0 Å². The normalized spacial score (nSPS) is 30.8. The average Bonchev–Trinajstić information content (AvgIpc) is 2.29. The van der Waals surface area contributed by atoms with Gasteiger partial charge < -0.3 is 14.7 Å². The van der Waals surface area contributed by atoms with Crippen molar-refractivity contribution in [3.8, 4) is 0 Å². The molecule has 1 aliphatic heterocycles. The van der Waals surface area contributed by atoms with Crippen molar-refractivity contribution in [1.82, 2.24) is 0 Å². The van der Waals surface area contributed by atoms with Gasteiger partial charge in [-0.25, -0.2) is 4.79 Å². The first kappa shape index (κ1) is 9.98. The van der Waals surface area contributed by atoms with Crippen LogP contribution < -0.4 is 0 Å². The molecule has 1 aliphatic rings. The van der Waals surface area contributed by atoms with E-state index in [9.17, 15) is 4.79 Å². The second kappa shape index (κ2) is 4.23. The maximum atomic E-state index is 10.1. The summed E-state index contributed by atoms with van der Waals surface area (Å²) in [7, 11) is 0. The maximum Gasteiger partial charge on any atom is 0.344 e. The molecule has 5 nitrogen and oxygen atoms in total. The van der Waals surface area contributed by atoms with Crippen molar-refractivity contribution in [3.05, 3.63) is 0 Å². The molecule has 0 aromatic heterocycles. The molecule has 1 saturated heterocycles. The van der Waals surface area contributed by atoms with Gasteiger partial charge >= 0.3 is 5.97 Å². The van der Waals surface area contributed by atoms with E-state index >= 15 is 0 Å². The molecule has 1 fully saturated rings. The molecular weight excluding hydrogens is 174 g/mol. The highest BCUT2D eigenvalue weighted by molar-refractivity contribution is 5.89. The van der Waals surface area contributed by atoms with E-state index in [1.807, 2.05) is 13.8 Å². The number of carboxylic acid groups (broad SMARTS) is 1. The summed E-state index contributed by atoms with van der Waals surface area (Å²) in [6, 6.07) is 0. The molecule has 0 bridgehead atoms. The van der Waals surface area contributed by atoms with Crippen molar-refractivity contribution in [2.24, 2.45) is 5.16 Å². The van der Waals surface area contributed by atoms with Crippen molar-refractivity contribution >= 4 is 11.7 Å². The molecule has 1 heterocycles. The molecule has 0 aromatic carbocycles. The zero-order valence-corrected chi connectivity index (χ0v) is 7.69. The van der Waals surface area contributed by atoms with Crippen molar-refractivity contribution in [1.29, 1.82) is 0 Å². The lowest BCUT2D eigenvalue weighted by Crippen LogP contribution is -2.12. The van der Waals surface area contributed by atoms with Crippen LogP contribution in [0.25, 0.3) is 0 Å². The fraction of sp³-hybridized carbons (Fsp3) is 0.750. The Labute approximate surface area is 76.3 Å². The number of rotatable bonds is 3. The van der Waals surface area contributed by atoms with E-state index < -0.39 is 12.6 Å². The standard InChI is InChI=1S/C8H13NO4/c1-5-3-7(6(2)13-5)9-12-4-8(10)11/h5-6H,3-4H2,1-2H3,(H,10,11)/b9-7+. The van der Waals surface area contributed by atoms with Gasteiger partial charge in [0.1, 0.15) is 0 Å². The largest absolute Gasteiger partial charge is 0.479 e. The number of oxime groups is 1. The van der Waals surface area contributed by atoms with Crippen LogP contribution in [0.4, 0.5) is 0 Å². The number of carboxylic acids is 1. The zero-order valence-electron chi connectivity index (χ0n) is 7.69. The molecule has 0 aromatic rings. The smallest absolute Gasteiger partial charge is 0.344 e. The highest BCUT2D eigenvalue weighted by atomic mass is 16.6. The van der Waals surface area contributed by atoms with Gasteiger partial charge in [0.15, 0.2) is 0 Å². The third-order valence-electron chi connectivity index (χ3n) is 1.77. The lowest BCUT2D eigenvalue weighted by molar-refractivity contribution is -0.142. The minimum absolute atomic E-state index is 0.0659. The third kappa shape index (κ3) is 3.02. The highest BCUT2D eigenvalue weighted by Gasteiger charge is 2.25. The fourth-order valence-electron chi connectivity index (χ4n) is 1.22. The van der Waals surface area contributed by atoms with Crippen molar-refractivity contribution < 1.29 is 19.5 Å². The summed E-state index contributed by atoms with van der Waals surface area (Å²) in [5.74, 6) is -1.02. The van der Waals surface area contributed by atoms with Gasteiger partial charge in [0, 0.05) is 6.42 Å². The number of aliphatic carboxylic acids is 1. The van der Waals surface area contributed by atoms with Crippen molar-refractivity contribution in [2.45, 2.75) is 32.5 Å². The SMILES string of the molecule is CC1C/C(=N\OCC(=O)O)C(C)O1. The number of nitrogens with zero attached hydrogens (tertiary/aromatic N) is 1. The summed E-state index contributed by atoms with van der Waals surface area (Å²) in [6.07, 6.45) is 0.784. The van der Waals surface area contributed by atoms with Crippen LogP contribution in [-0.2, 0) is 14.4 Å². The Morgan fingerprint density at radius 2 is 2.46 bits per heavy atom. The number of carbonyl (C=O) groups is 1. The Kier molecular flexibility index (Phi) is 3.25. The molecule has 5 heteroatoms. The van der Waals surface area contributed by atoms with E-state index in [0.29, 0.717) is 6.42 Å². The minimum atomic E-state index is -1.02. The molecule has 0 aliphatic carbocycles. The zero-order chi connectivity index (χ0) is 9.84. The molecule has 0 saturated carbocycles. The first-order valence-electron chi connectivity index (χ1n) is 4.15. The molecular formula is C8H13NO4. The van der Waals surface area contributed by atoms with E-state index in [0.717, 1.165) is 5.71 Å². The summed E-state index contributed by atoms with van der Waals surface area (Å²) < 4.78 is 5.37. The molecule has 1 N–H and O–H groups in total. The molecule has 2 unspecified atom stereocenters. The van der Waals surface area contributed by atoms with Crippen LogP contribution in [0.5, 0.6) is 0 Å². The predicted octanol–water partition coefficient (Wildman–Crippen LogP) is 0.641. The highest BCUT2D eigenvalue weighted by Crippen LogP contribution is 2.16. The minimum Gasteiger partial charge on any atom is -0.479 e. The van der Waals surface area contributed by atoms with Gasteiger partial charge in [-0.2, -0.15) is 0 Å². The number of hydrogen-bond donors (Lipinski definition) is 1. The number of ether oxygens (including phenoxy) is 1. The van der Waals surface area contributed by atoms with E-state index in [4.69, 9.17) is 9.84 Å². The Bertz CT molecular complexity index is 226. The quantitative estimate of drug-likeness (QED) is 0.658. The van der Waals surface area contributed by atoms with Crippen molar-refractivity contribution in [2.75, 3.05) is 6.61 Å². The van der Waals surface area contributed by atoms with Gasteiger partial charge in [-0.3, -0.25) is 0 Å². The summed E-state index contributed by atoms with van der Waals surface area (Å²) >= 11 is 0. The van der Waals surface area contributed by atoms with Gasteiger partial charge in [-0.1, -0.05) is 5.16 Å². The first-order chi connectivity index (χ1) is 6.09. The molecule has 0 spiro atoms. The van der Waals surface area contributed by atoms with E-state index in [1.54, 1.807) is 0 Å². The third-order valence-corrected chi connectivity index (χ3v) is 1.77. The van der Waals surface area contributed by atoms with E-state index in [1.165, 1.54) is 0 Å². The monoisotopic (exact) mass is 187 g/mol. The average molecular weight is 187 g/mol. The summed E-state index contributed by atoms with van der Waals surface area (Å²) in [4.78, 5) is 14.7. The second-order valence-corrected chi connectivity index (χ2v) is 3.04. The molecule has 1 rings (SSSR count). The van der Waals surface area contributed by atoms with Crippen LogP contribution in [0.1, 0.15) is 20.3 Å². The van der Waals surface area contributed by atoms with Gasteiger partial charge in [0.05, 0.1) is 17.9 Å². The molecule has 0 amide bonds. The van der Waals surface area contributed by atoms with Crippen LogP contribution in [-0.4, -0.2) is 35.6 Å². The summed E-state index contributed by atoms with van der Waals surface area (Å²) in [6.45, 7) is 3.41. The summed E-state index contributed by atoms with van der Waals surface area (Å²) in [5.41, 5.74) is 0.772. The predicted molar refractivity (Wildman–Crippen MR) is 45.6 cm³/mol. The molecule has 13 heavy (non-hydrogen) atoms. The topological polar surface area (TPSA) is 68.1 Å². The second-order valence-electron chi connectivity index (χ2n) is 3.04. The van der Waals surface area contributed by atoms with Gasteiger partial charge in [-0.15, -0.1) is 0 Å². The molecule has 2 atom stereocenters. The van der Waals surface area contributed by atoms with E-state index in [-0.39, 0.29) is 12.2 Å². The van der Waals surface area contributed by atoms with Gasteiger partial charge in [0.2, 0.25) is 6.61 Å².